The van der Waals surface area contributed by atoms with Crippen LogP contribution in [0.25, 0.3) is 0 Å². The molecule has 106 valence electrons. The number of likely N-dealkylation sites (tertiary alicyclic amines) is 1. The molecule has 1 fully saturated rings. The van der Waals surface area contributed by atoms with E-state index in [1.807, 2.05) is 12.1 Å². The lowest BCUT2D eigenvalue weighted by Gasteiger charge is -2.25. The van der Waals surface area contributed by atoms with Gasteiger partial charge in [0.25, 0.3) is 0 Å². The van der Waals surface area contributed by atoms with E-state index in [0.29, 0.717) is 16.6 Å². The van der Waals surface area contributed by atoms with Gasteiger partial charge in [0.2, 0.25) is 0 Å². The molecule has 0 radical (unpaired) electrons. The number of benzene rings is 1. The lowest BCUT2D eigenvalue weighted by Crippen LogP contribution is -2.39. The minimum absolute atomic E-state index is 0.191. The molecule has 1 aliphatic rings. The normalized spacial score (nSPS) is 20.4. The second-order valence-corrected chi connectivity index (χ2v) is 6.43. The highest BCUT2D eigenvalue weighted by molar-refractivity contribution is 9.10. The summed E-state index contributed by atoms with van der Waals surface area (Å²) in [5, 5.41) is 3.51. The summed E-state index contributed by atoms with van der Waals surface area (Å²) >= 11 is 3.25. The van der Waals surface area contributed by atoms with Gasteiger partial charge in [0, 0.05) is 25.2 Å². The van der Waals surface area contributed by atoms with E-state index in [1.54, 1.807) is 0 Å². The molecule has 4 heteroatoms. The van der Waals surface area contributed by atoms with Gasteiger partial charge in [0.15, 0.2) is 0 Å². The average Bonchev–Trinajstić information content (AvgIpc) is 2.79. The van der Waals surface area contributed by atoms with Crippen LogP contribution >= 0.6 is 15.9 Å². The van der Waals surface area contributed by atoms with Crippen molar-refractivity contribution >= 4 is 15.9 Å². The minimum Gasteiger partial charge on any atom is -0.313 e. The second kappa shape index (κ2) is 6.82. The van der Waals surface area contributed by atoms with Gasteiger partial charge in [-0.1, -0.05) is 19.9 Å². The summed E-state index contributed by atoms with van der Waals surface area (Å²) in [6.45, 7) is 7.44. The molecule has 0 spiro atoms. The number of hydrogen-bond donors (Lipinski definition) is 1. The zero-order valence-corrected chi connectivity index (χ0v) is 13.2. The van der Waals surface area contributed by atoms with E-state index in [0.717, 1.165) is 19.6 Å². The molecule has 1 saturated heterocycles. The van der Waals surface area contributed by atoms with Crippen molar-refractivity contribution in [1.29, 1.82) is 0 Å². The Balaban J connectivity index is 1.95. The monoisotopic (exact) mass is 328 g/mol. The van der Waals surface area contributed by atoms with Crippen molar-refractivity contribution in [2.24, 2.45) is 0 Å². The minimum atomic E-state index is -0.191. The molecule has 0 aromatic heterocycles. The standard InChI is InChI=1S/C15H22BrFN2/c1-11(2)18-9-13-4-3-7-19(13)10-12-5-6-15(17)14(16)8-12/h5-6,8,11,13,18H,3-4,7,9-10H2,1-2H3. The van der Waals surface area contributed by atoms with Crippen molar-refractivity contribution in [3.63, 3.8) is 0 Å². The van der Waals surface area contributed by atoms with E-state index in [2.05, 4.69) is 40.0 Å². The molecule has 1 atom stereocenters. The summed E-state index contributed by atoms with van der Waals surface area (Å²) < 4.78 is 13.8. The first-order valence-corrected chi connectivity index (χ1v) is 7.77. The first-order chi connectivity index (χ1) is 9.06. The molecule has 1 aliphatic heterocycles. The fourth-order valence-electron chi connectivity index (χ4n) is 2.58. The van der Waals surface area contributed by atoms with Crippen LogP contribution in [0.5, 0.6) is 0 Å². The van der Waals surface area contributed by atoms with E-state index >= 15 is 0 Å². The van der Waals surface area contributed by atoms with Gasteiger partial charge in [0.1, 0.15) is 5.82 Å². The van der Waals surface area contributed by atoms with Gasteiger partial charge in [-0.2, -0.15) is 0 Å². The molecular weight excluding hydrogens is 307 g/mol. The molecule has 0 bridgehead atoms. The maximum absolute atomic E-state index is 13.2. The summed E-state index contributed by atoms with van der Waals surface area (Å²) in [7, 11) is 0. The molecule has 1 aromatic rings. The summed E-state index contributed by atoms with van der Waals surface area (Å²) in [6.07, 6.45) is 2.51. The van der Waals surface area contributed by atoms with Crippen molar-refractivity contribution in [3.05, 3.63) is 34.1 Å². The molecule has 2 rings (SSSR count). The van der Waals surface area contributed by atoms with Gasteiger partial charge in [-0.15, -0.1) is 0 Å². The third kappa shape index (κ3) is 4.26. The number of rotatable bonds is 5. The maximum atomic E-state index is 13.2. The van der Waals surface area contributed by atoms with Crippen LogP contribution in [0.3, 0.4) is 0 Å². The Morgan fingerprint density at radius 3 is 2.95 bits per heavy atom. The van der Waals surface area contributed by atoms with E-state index in [1.165, 1.54) is 24.5 Å². The SMILES string of the molecule is CC(C)NCC1CCCN1Cc1ccc(F)c(Br)c1. The van der Waals surface area contributed by atoms with Crippen molar-refractivity contribution < 1.29 is 4.39 Å². The van der Waals surface area contributed by atoms with E-state index in [9.17, 15) is 4.39 Å². The second-order valence-electron chi connectivity index (χ2n) is 5.58. The topological polar surface area (TPSA) is 15.3 Å². The zero-order chi connectivity index (χ0) is 13.8. The highest BCUT2D eigenvalue weighted by Gasteiger charge is 2.24. The van der Waals surface area contributed by atoms with Gasteiger partial charge in [-0.25, -0.2) is 4.39 Å². The third-order valence-electron chi connectivity index (χ3n) is 3.63. The van der Waals surface area contributed by atoms with Gasteiger partial charge in [-0.3, -0.25) is 4.90 Å². The Morgan fingerprint density at radius 2 is 2.26 bits per heavy atom. The third-order valence-corrected chi connectivity index (χ3v) is 4.24. The van der Waals surface area contributed by atoms with Gasteiger partial charge >= 0.3 is 0 Å². The van der Waals surface area contributed by atoms with Crippen LogP contribution in [0.1, 0.15) is 32.3 Å². The largest absolute Gasteiger partial charge is 0.313 e. The molecule has 1 aromatic carbocycles. The lowest BCUT2D eigenvalue weighted by molar-refractivity contribution is 0.236. The zero-order valence-electron chi connectivity index (χ0n) is 11.6. The summed E-state index contributed by atoms with van der Waals surface area (Å²) in [4.78, 5) is 2.50. The molecule has 1 unspecified atom stereocenters. The van der Waals surface area contributed by atoms with Crippen molar-refractivity contribution in [3.8, 4) is 0 Å². The van der Waals surface area contributed by atoms with Crippen molar-refractivity contribution in [2.75, 3.05) is 13.1 Å². The smallest absolute Gasteiger partial charge is 0.137 e. The molecule has 2 nitrogen and oxygen atoms in total. The molecule has 0 aliphatic carbocycles. The number of hydrogen-bond acceptors (Lipinski definition) is 2. The Hall–Kier alpha value is -0.450. The Kier molecular flexibility index (Phi) is 5.37. The first-order valence-electron chi connectivity index (χ1n) is 6.97. The van der Waals surface area contributed by atoms with Crippen LogP contribution in [-0.4, -0.2) is 30.1 Å². The van der Waals surface area contributed by atoms with Crippen LogP contribution in [-0.2, 0) is 6.54 Å². The molecular formula is C15H22BrFN2. The van der Waals surface area contributed by atoms with Gasteiger partial charge < -0.3 is 5.32 Å². The van der Waals surface area contributed by atoms with E-state index < -0.39 is 0 Å². The molecule has 1 N–H and O–H groups in total. The van der Waals surface area contributed by atoms with Crippen LogP contribution in [0.15, 0.2) is 22.7 Å². The van der Waals surface area contributed by atoms with Crippen molar-refractivity contribution in [2.45, 2.75) is 45.3 Å². The van der Waals surface area contributed by atoms with Gasteiger partial charge in [0.05, 0.1) is 4.47 Å². The van der Waals surface area contributed by atoms with Gasteiger partial charge in [-0.05, 0) is 53.0 Å². The Bertz CT molecular complexity index is 423. The quantitative estimate of drug-likeness (QED) is 0.889. The predicted molar refractivity (Wildman–Crippen MR) is 80.7 cm³/mol. The van der Waals surface area contributed by atoms with Crippen LogP contribution < -0.4 is 5.32 Å². The fourth-order valence-corrected chi connectivity index (χ4v) is 3.00. The van der Waals surface area contributed by atoms with Crippen LogP contribution in [0.4, 0.5) is 4.39 Å². The highest BCUT2D eigenvalue weighted by Crippen LogP contribution is 2.22. The number of nitrogens with zero attached hydrogens (tertiary/aromatic N) is 1. The average molecular weight is 329 g/mol. The van der Waals surface area contributed by atoms with E-state index in [4.69, 9.17) is 0 Å². The summed E-state index contributed by atoms with van der Waals surface area (Å²) in [6, 6.07) is 6.44. The highest BCUT2D eigenvalue weighted by atomic mass is 79.9. The molecule has 19 heavy (non-hydrogen) atoms. The van der Waals surface area contributed by atoms with Crippen LogP contribution in [0.2, 0.25) is 0 Å². The fraction of sp³-hybridized carbons (Fsp3) is 0.600. The molecule has 0 saturated carbocycles. The number of nitrogens with one attached hydrogen (secondary N) is 1. The Morgan fingerprint density at radius 1 is 1.47 bits per heavy atom. The maximum Gasteiger partial charge on any atom is 0.137 e. The predicted octanol–water partition coefficient (Wildman–Crippen LogP) is 3.55. The summed E-state index contributed by atoms with van der Waals surface area (Å²) in [5.41, 5.74) is 1.17. The first kappa shape index (κ1) is 14.9. The van der Waals surface area contributed by atoms with Crippen LogP contribution in [0, 0.1) is 5.82 Å². The van der Waals surface area contributed by atoms with E-state index in [-0.39, 0.29) is 5.82 Å². The van der Waals surface area contributed by atoms with Crippen molar-refractivity contribution in [1.82, 2.24) is 10.2 Å². The Labute approximate surface area is 123 Å². The molecule has 1 heterocycles. The lowest BCUT2D eigenvalue weighted by atomic mass is 10.1. The number of halogens is 2. The summed E-state index contributed by atoms with van der Waals surface area (Å²) in [5.74, 6) is -0.191. The molecule has 0 amide bonds.